The minimum Gasteiger partial charge on any atom is -0.406 e. The molecule has 5 nitrogen and oxygen atoms in total. The average Bonchev–Trinajstić information content (AvgIpc) is 2.28. The maximum Gasteiger partial charge on any atom is 0.381 e. The highest BCUT2D eigenvalue weighted by Crippen LogP contribution is 2.49. The third kappa shape index (κ3) is 4.99. The van der Waals surface area contributed by atoms with Gasteiger partial charge < -0.3 is 4.52 Å². The normalized spacial score (nSPS) is 11.4. The van der Waals surface area contributed by atoms with Gasteiger partial charge >= 0.3 is 6.72 Å². The highest BCUT2D eigenvalue weighted by atomic mass is 32.5. The zero-order valence-electron chi connectivity index (χ0n) is 11.7. The molecular weight excluding hydrogens is 283 g/mol. The average molecular weight is 302 g/mol. The predicted molar refractivity (Wildman–Crippen MR) is 79.6 cm³/mol. The second-order valence-corrected chi connectivity index (χ2v) is 6.76. The second-order valence-electron chi connectivity index (χ2n) is 3.83. The van der Waals surface area contributed by atoms with Gasteiger partial charge in [0.2, 0.25) is 5.88 Å². The van der Waals surface area contributed by atoms with Crippen molar-refractivity contribution >= 4 is 24.1 Å². The number of aromatic nitrogens is 2. The van der Waals surface area contributed by atoms with E-state index in [1.54, 1.807) is 6.07 Å². The number of allylic oxidation sites excluding steroid dienone is 1. The smallest absolute Gasteiger partial charge is 0.381 e. The molecule has 0 aromatic carbocycles. The van der Waals surface area contributed by atoms with Gasteiger partial charge in [0.15, 0.2) is 5.82 Å². The van der Waals surface area contributed by atoms with Gasteiger partial charge in [0, 0.05) is 23.6 Å². The molecule has 0 fully saturated rings. The van der Waals surface area contributed by atoms with Crippen molar-refractivity contribution in [2.24, 2.45) is 0 Å². The van der Waals surface area contributed by atoms with Gasteiger partial charge in [0.05, 0.1) is 13.2 Å². The van der Waals surface area contributed by atoms with Gasteiger partial charge in [0.25, 0.3) is 0 Å². The monoisotopic (exact) mass is 302 g/mol. The molecule has 0 N–H and O–H groups in total. The molecule has 19 heavy (non-hydrogen) atoms. The van der Waals surface area contributed by atoms with Crippen LogP contribution in [0.4, 0.5) is 0 Å². The Morgan fingerprint density at radius 1 is 1.32 bits per heavy atom. The zero-order valence-corrected chi connectivity index (χ0v) is 13.4. The molecule has 1 heterocycles. The maximum atomic E-state index is 5.64. The van der Waals surface area contributed by atoms with Crippen LogP contribution < -0.4 is 4.52 Å². The summed E-state index contributed by atoms with van der Waals surface area (Å²) in [4.78, 5) is 8.51. The third-order valence-electron chi connectivity index (χ3n) is 1.99. The SMILES string of the molecule is C=C(C)c1nc(C)cc(OP(=S)(OCC)OCC)n1. The predicted octanol–water partition coefficient (Wildman–Crippen LogP) is 3.49. The quantitative estimate of drug-likeness (QED) is 0.719. The highest BCUT2D eigenvalue weighted by Gasteiger charge is 2.22. The van der Waals surface area contributed by atoms with Crippen LogP contribution in [0.1, 0.15) is 32.3 Å². The largest absolute Gasteiger partial charge is 0.406 e. The summed E-state index contributed by atoms with van der Waals surface area (Å²) in [5.41, 5.74) is 1.53. The van der Waals surface area contributed by atoms with Crippen molar-refractivity contribution in [2.45, 2.75) is 27.7 Å². The molecule has 0 aliphatic carbocycles. The van der Waals surface area contributed by atoms with Crippen molar-refractivity contribution in [3.05, 3.63) is 24.2 Å². The summed E-state index contributed by atoms with van der Waals surface area (Å²) in [7, 11) is 0. The molecule has 1 rings (SSSR count). The number of nitrogens with zero attached hydrogens (tertiary/aromatic N) is 2. The van der Waals surface area contributed by atoms with Gasteiger partial charge in [-0.3, -0.25) is 9.05 Å². The highest BCUT2D eigenvalue weighted by molar-refractivity contribution is 8.07. The zero-order chi connectivity index (χ0) is 14.5. The van der Waals surface area contributed by atoms with E-state index in [9.17, 15) is 0 Å². The van der Waals surface area contributed by atoms with Crippen LogP contribution in [-0.2, 0) is 20.9 Å². The molecule has 0 aliphatic heterocycles. The van der Waals surface area contributed by atoms with Gasteiger partial charge in [-0.25, -0.2) is 4.98 Å². The summed E-state index contributed by atoms with van der Waals surface area (Å²) in [6.07, 6.45) is 0. The van der Waals surface area contributed by atoms with Gasteiger partial charge in [-0.1, -0.05) is 6.58 Å². The molecule has 0 radical (unpaired) electrons. The molecule has 0 amide bonds. The summed E-state index contributed by atoms with van der Waals surface area (Å²) in [6, 6.07) is 1.70. The van der Waals surface area contributed by atoms with Crippen LogP contribution in [0.3, 0.4) is 0 Å². The summed E-state index contributed by atoms with van der Waals surface area (Å²) < 4.78 is 16.5. The lowest BCUT2D eigenvalue weighted by Gasteiger charge is -2.20. The Bertz CT molecular complexity index is 498. The Balaban J connectivity index is 3.02. The third-order valence-corrected chi connectivity index (χ3v) is 4.41. The Kier molecular flexibility index (Phi) is 6.07. The van der Waals surface area contributed by atoms with E-state index in [0.29, 0.717) is 24.9 Å². The van der Waals surface area contributed by atoms with Gasteiger partial charge in [0.1, 0.15) is 0 Å². The van der Waals surface area contributed by atoms with Crippen LogP contribution in [0.25, 0.3) is 5.57 Å². The topological polar surface area (TPSA) is 53.5 Å². The van der Waals surface area contributed by atoms with E-state index in [4.69, 9.17) is 25.4 Å². The molecule has 106 valence electrons. The Labute approximate surface area is 119 Å². The number of hydrogen-bond acceptors (Lipinski definition) is 6. The fourth-order valence-corrected chi connectivity index (χ4v) is 3.29. The lowest BCUT2D eigenvalue weighted by Crippen LogP contribution is -2.05. The van der Waals surface area contributed by atoms with E-state index >= 15 is 0 Å². The van der Waals surface area contributed by atoms with Crippen LogP contribution >= 0.6 is 6.72 Å². The summed E-state index contributed by atoms with van der Waals surface area (Å²) in [5.74, 6) is 0.889. The maximum absolute atomic E-state index is 5.64. The Hall–Kier alpha value is -0.810. The van der Waals surface area contributed by atoms with Crippen LogP contribution in [0.15, 0.2) is 12.6 Å². The van der Waals surface area contributed by atoms with Gasteiger partial charge in [-0.15, -0.1) is 0 Å². The number of rotatable bonds is 7. The van der Waals surface area contributed by atoms with E-state index in [1.165, 1.54) is 0 Å². The molecule has 0 spiro atoms. The first-order valence-corrected chi connectivity index (χ1v) is 8.56. The first-order chi connectivity index (χ1) is 8.90. The molecular formula is C12H19N2O3PS. The molecule has 0 bridgehead atoms. The molecule has 1 aromatic heterocycles. The minimum absolute atomic E-state index is 0.357. The van der Waals surface area contributed by atoms with Crippen LogP contribution in [0.2, 0.25) is 0 Å². The number of hydrogen-bond donors (Lipinski definition) is 0. The van der Waals surface area contributed by atoms with Crippen LogP contribution in [0.5, 0.6) is 5.88 Å². The molecule has 7 heteroatoms. The fraction of sp³-hybridized carbons (Fsp3) is 0.500. The molecule has 0 atom stereocenters. The van der Waals surface area contributed by atoms with Gasteiger partial charge in [-0.2, -0.15) is 4.98 Å². The summed E-state index contributed by atoms with van der Waals surface area (Å²) in [6.45, 7) is 9.24. The van der Waals surface area contributed by atoms with Crippen molar-refractivity contribution in [1.82, 2.24) is 9.97 Å². The summed E-state index contributed by atoms with van der Waals surface area (Å²) >= 11 is 5.30. The van der Waals surface area contributed by atoms with Crippen molar-refractivity contribution in [3.63, 3.8) is 0 Å². The Morgan fingerprint density at radius 2 is 1.89 bits per heavy atom. The van der Waals surface area contributed by atoms with E-state index in [-0.39, 0.29) is 0 Å². The van der Waals surface area contributed by atoms with Crippen molar-refractivity contribution < 1.29 is 13.6 Å². The van der Waals surface area contributed by atoms with E-state index in [0.717, 1.165) is 11.3 Å². The van der Waals surface area contributed by atoms with Crippen molar-refractivity contribution in [3.8, 4) is 5.88 Å². The molecule has 0 aliphatic rings. The van der Waals surface area contributed by atoms with Crippen LogP contribution in [0, 0.1) is 6.92 Å². The fourth-order valence-electron chi connectivity index (χ4n) is 1.30. The first kappa shape index (κ1) is 16.2. The molecule has 0 saturated heterocycles. The lowest BCUT2D eigenvalue weighted by molar-refractivity contribution is 0.216. The van der Waals surface area contributed by atoms with Gasteiger partial charge in [-0.05, 0) is 33.3 Å². The number of aryl methyl sites for hydroxylation is 1. The first-order valence-electron chi connectivity index (χ1n) is 6.00. The van der Waals surface area contributed by atoms with E-state index in [1.807, 2.05) is 27.7 Å². The Morgan fingerprint density at radius 3 is 2.37 bits per heavy atom. The summed E-state index contributed by atoms with van der Waals surface area (Å²) in [5, 5.41) is 0. The molecule has 0 unspecified atom stereocenters. The lowest BCUT2D eigenvalue weighted by atomic mass is 10.3. The van der Waals surface area contributed by atoms with Crippen LogP contribution in [-0.4, -0.2) is 23.2 Å². The minimum atomic E-state index is -2.80. The van der Waals surface area contributed by atoms with E-state index in [2.05, 4.69) is 16.5 Å². The standard InChI is InChI=1S/C12H19N2O3PS/c1-6-15-18(19,16-7-2)17-11-8-10(5)13-12(14-11)9(3)4/h8H,3,6-7H2,1-2,4-5H3. The molecule has 1 aromatic rings. The van der Waals surface area contributed by atoms with E-state index < -0.39 is 6.72 Å². The van der Waals surface area contributed by atoms with Crippen molar-refractivity contribution in [2.75, 3.05) is 13.2 Å². The second kappa shape index (κ2) is 7.10. The van der Waals surface area contributed by atoms with Crippen molar-refractivity contribution in [1.29, 1.82) is 0 Å². The molecule has 0 saturated carbocycles.